The van der Waals surface area contributed by atoms with Gasteiger partial charge in [-0.3, -0.25) is 14.4 Å². The molecule has 1 aliphatic carbocycles. The number of carbonyl (C=O) groups excluding carboxylic acids is 3. The number of aromatic nitrogens is 1. The first kappa shape index (κ1) is 29.7. The van der Waals surface area contributed by atoms with Gasteiger partial charge in [-0.25, -0.2) is 9.37 Å². The zero-order valence-electron chi connectivity index (χ0n) is 23.0. The molecule has 1 aromatic heterocycles. The Labute approximate surface area is 229 Å². The van der Waals surface area contributed by atoms with E-state index < -0.39 is 12.0 Å². The molecule has 38 heavy (non-hydrogen) atoms. The van der Waals surface area contributed by atoms with Gasteiger partial charge in [0.05, 0.1) is 18.0 Å². The van der Waals surface area contributed by atoms with Crippen molar-refractivity contribution in [1.82, 2.24) is 15.2 Å². The number of rotatable bonds is 14. The van der Waals surface area contributed by atoms with Crippen molar-refractivity contribution < 1.29 is 23.5 Å². The van der Waals surface area contributed by atoms with Crippen molar-refractivity contribution >= 4 is 29.1 Å². The molecule has 1 unspecified atom stereocenters. The molecule has 3 rings (SSSR count). The number of hydrogen-bond donors (Lipinski definition) is 1. The maximum atomic E-state index is 14.3. The van der Waals surface area contributed by atoms with Crippen molar-refractivity contribution in [1.29, 1.82) is 0 Å². The molecule has 1 aliphatic rings. The first-order chi connectivity index (χ1) is 18.1. The highest BCUT2D eigenvalue weighted by Crippen LogP contribution is 2.33. The van der Waals surface area contributed by atoms with Crippen LogP contribution in [0.5, 0.6) is 0 Å². The number of halogens is 1. The number of benzene rings is 1. The second-order valence-electron chi connectivity index (χ2n) is 10.8. The Kier molecular flexibility index (Phi) is 10.8. The van der Waals surface area contributed by atoms with Crippen molar-refractivity contribution in [2.24, 2.45) is 17.8 Å². The SMILES string of the molecule is COC(=O)[C@@H](C)C[C@H](Cc1ccccc1F)NC(=O)c1csc(CCC(C(C)C)N(C)C(=O)CC2CC2)n1. The van der Waals surface area contributed by atoms with E-state index in [0.717, 1.165) is 24.3 Å². The summed E-state index contributed by atoms with van der Waals surface area (Å²) in [4.78, 5) is 44.2. The Hall–Kier alpha value is -2.81. The average Bonchev–Trinajstić information content (AvgIpc) is 3.57. The minimum atomic E-state index is -0.477. The van der Waals surface area contributed by atoms with E-state index in [-0.39, 0.29) is 36.1 Å². The van der Waals surface area contributed by atoms with E-state index in [2.05, 4.69) is 24.1 Å². The second-order valence-corrected chi connectivity index (χ2v) is 11.7. The Morgan fingerprint density at radius 3 is 2.55 bits per heavy atom. The maximum Gasteiger partial charge on any atom is 0.308 e. The molecule has 0 spiro atoms. The fourth-order valence-corrected chi connectivity index (χ4v) is 5.57. The van der Waals surface area contributed by atoms with Gasteiger partial charge in [0.15, 0.2) is 0 Å². The predicted molar refractivity (Wildman–Crippen MR) is 146 cm³/mol. The topological polar surface area (TPSA) is 88.6 Å². The normalized spacial score (nSPS) is 15.6. The third-order valence-electron chi connectivity index (χ3n) is 7.26. The van der Waals surface area contributed by atoms with Gasteiger partial charge in [0.1, 0.15) is 11.5 Å². The minimum Gasteiger partial charge on any atom is -0.469 e. The number of esters is 1. The lowest BCUT2D eigenvalue weighted by Gasteiger charge is -2.31. The highest BCUT2D eigenvalue weighted by molar-refractivity contribution is 7.09. The highest BCUT2D eigenvalue weighted by atomic mass is 32.1. The van der Waals surface area contributed by atoms with Gasteiger partial charge in [-0.2, -0.15) is 0 Å². The summed E-state index contributed by atoms with van der Waals surface area (Å²) >= 11 is 1.42. The zero-order valence-corrected chi connectivity index (χ0v) is 23.9. The van der Waals surface area contributed by atoms with Crippen LogP contribution in [0, 0.1) is 23.6 Å². The van der Waals surface area contributed by atoms with Crippen molar-refractivity contribution in [3.8, 4) is 0 Å². The number of nitrogens with one attached hydrogen (secondary N) is 1. The molecule has 3 atom stereocenters. The van der Waals surface area contributed by atoms with Crippen LogP contribution in [-0.4, -0.2) is 53.9 Å². The van der Waals surface area contributed by atoms with Crippen LogP contribution in [0.25, 0.3) is 0 Å². The molecule has 0 radical (unpaired) electrons. The van der Waals surface area contributed by atoms with Crippen LogP contribution in [0.15, 0.2) is 29.6 Å². The van der Waals surface area contributed by atoms with Crippen molar-refractivity contribution in [3.05, 3.63) is 51.7 Å². The van der Waals surface area contributed by atoms with E-state index in [1.165, 1.54) is 24.5 Å². The molecule has 0 aliphatic heterocycles. The van der Waals surface area contributed by atoms with E-state index in [0.29, 0.717) is 42.4 Å². The van der Waals surface area contributed by atoms with Crippen LogP contribution < -0.4 is 5.32 Å². The molecular formula is C29H40FN3O4S. The average molecular weight is 546 g/mol. The van der Waals surface area contributed by atoms with Crippen LogP contribution >= 0.6 is 11.3 Å². The van der Waals surface area contributed by atoms with E-state index in [9.17, 15) is 18.8 Å². The van der Waals surface area contributed by atoms with E-state index >= 15 is 0 Å². The van der Waals surface area contributed by atoms with Gasteiger partial charge >= 0.3 is 5.97 Å². The van der Waals surface area contributed by atoms with Crippen LogP contribution in [0.4, 0.5) is 4.39 Å². The van der Waals surface area contributed by atoms with E-state index in [4.69, 9.17) is 4.74 Å². The number of hydrogen-bond acceptors (Lipinski definition) is 6. The van der Waals surface area contributed by atoms with Crippen molar-refractivity contribution in [2.75, 3.05) is 14.2 Å². The number of amides is 2. The standard InChI is InChI=1S/C29H40FN3O4S/c1-18(2)25(33(4)27(34)15-20-10-11-20)12-13-26-32-24(17-38-26)28(35)31-22(14-19(3)29(36)37-5)16-21-8-6-7-9-23(21)30/h6-9,17-20,22,25H,10-16H2,1-5H3,(H,31,35)/t19-,22+,25?/m0/s1. The summed E-state index contributed by atoms with van der Waals surface area (Å²) in [7, 11) is 3.21. The molecule has 0 saturated heterocycles. The molecule has 9 heteroatoms. The second kappa shape index (κ2) is 13.8. The monoisotopic (exact) mass is 545 g/mol. The third-order valence-corrected chi connectivity index (χ3v) is 8.17. The Morgan fingerprint density at radius 1 is 1.21 bits per heavy atom. The first-order valence-electron chi connectivity index (χ1n) is 13.4. The van der Waals surface area contributed by atoms with Crippen LogP contribution in [0.3, 0.4) is 0 Å². The van der Waals surface area contributed by atoms with Gasteiger partial charge in [-0.1, -0.05) is 39.0 Å². The Bertz CT molecular complexity index is 1100. The summed E-state index contributed by atoms with van der Waals surface area (Å²) in [6.45, 7) is 5.97. The summed E-state index contributed by atoms with van der Waals surface area (Å²) in [5.41, 5.74) is 0.766. The van der Waals surface area contributed by atoms with Gasteiger partial charge in [0.25, 0.3) is 5.91 Å². The number of aryl methyl sites for hydroxylation is 1. The molecule has 1 fully saturated rings. The fourth-order valence-electron chi connectivity index (χ4n) is 4.78. The lowest BCUT2D eigenvalue weighted by atomic mass is 9.95. The summed E-state index contributed by atoms with van der Waals surface area (Å²) in [5.74, 6) is -0.494. The molecule has 1 aromatic carbocycles. The number of thiazole rings is 1. The number of ether oxygens (including phenoxy) is 1. The molecule has 0 bridgehead atoms. The van der Waals surface area contributed by atoms with E-state index in [1.54, 1.807) is 30.5 Å². The van der Waals surface area contributed by atoms with Crippen LogP contribution in [0.2, 0.25) is 0 Å². The summed E-state index contributed by atoms with van der Waals surface area (Å²) < 4.78 is 19.1. The minimum absolute atomic E-state index is 0.104. The smallest absolute Gasteiger partial charge is 0.308 e. The maximum absolute atomic E-state index is 14.3. The van der Waals surface area contributed by atoms with Crippen LogP contribution in [0.1, 0.15) is 73.9 Å². The zero-order chi connectivity index (χ0) is 27.8. The van der Waals surface area contributed by atoms with Gasteiger partial charge in [0, 0.05) is 37.4 Å². The van der Waals surface area contributed by atoms with Crippen molar-refractivity contribution in [2.45, 2.75) is 77.8 Å². The molecule has 1 heterocycles. The number of methoxy groups -OCH3 is 1. The van der Waals surface area contributed by atoms with Gasteiger partial charge in [0.2, 0.25) is 5.91 Å². The summed E-state index contributed by atoms with van der Waals surface area (Å²) in [6, 6.07) is 6.05. The summed E-state index contributed by atoms with van der Waals surface area (Å²) in [5, 5.41) is 5.50. The molecule has 7 nitrogen and oxygen atoms in total. The molecular weight excluding hydrogens is 505 g/mol. The van der Waals surface area contributed by atoms with Gasteiger partial charge in [-0.05, 0) is 55.6 Å². The molecule has 2 amide bonds. The van der Waals surface area contributed by atoms with Gasteiger partial charge < -0.3 is 15.0 Å². The Balaban J connectivity index is 1.63. The summed E-state index contributed by atoms with van der Waals surface area (Å²) in [6.07, 6.45) is 4.92. The predicted octanol–water partition coefficient (Wildman–Crippen LogP) is 5.04. The third kappa shape index (κ3) is 8.61. The lowest BCUT2D eigenvalue weighted by Crippen LogP contribution is -2.40. The number of carbonyl (C=O) groups is 3. The largest absolute Gasteiger partial charge is 0.469 e. The van der Waals surface area contributed by atoms with Gasteiger partial charge in [-0.15, -0.1) is 11.3 Å². The molecule has 1 N–H and O–H groups in total. The quantitative estimate of drug-likeness (QED) is 0.336. The highest BCUT2D eigenvalue weighted by Gasteiger charge is 2.30. The Morgan fingerprint density at radius 2 is 1.92 bits per heavy atom. The first-order valence-corrected chi connectivity index (χ1v) is 14.3. The van der Waals surface area contributed by atoms with E-state index in [1.807, 2.05) is 11.9 Å². The molecule has 208 valence electrons. The number of nitrogens with zero attached hydrogens (tertiary/aromatic N) is 2. The molecule has 2 aromatic rings. The molecule has 1 saturated carbocycles. The fraction of sp³-hybridized carbons (Fsp3) is 0.586. The van der Waals surface area contributed by atoms with Crippen LogP contribution in [-0.2, 0) is 27.2 Å². The lowest BCUT2D eigenvalue weighted by molar-refractivity contribution is -0.145. The van der Waals surface area contributed by atoms with Crippen molar-refractivity contribution in [3.63, 3.8) is 0 Å².